The number of carboxylic acid groups (broad SMARTS) is 1. The molecule has 76 valence electrons. The molecule has 5 nitrogen and oxygen atoms in total. The number of hydrogen-bond acceptors (Lipinski definition) is 3. The third-order valence-corrected chi connectivity index (χ3v) is 2.44. The fraction of sp³-hybridized carbons (Fsp3) is 0.556. The van der Waals surface area contributed by atoms with Crippen molar-refractivity contribution in [3.05, 3.63) is 18.2 Å². The first-order valence-electron chi connectivity index (χ1n) is 4.54. The summed E-state index contributed by atoms with van der Waals surface area (Å²) in [5.41, 5.74) is 0. The highest BCUT2D eigenvalue weighted by atomic mass is 16.5. The van der Waals surface area contributed by atoms with Gasteiger partial charge in [-0.05, 0) is 12.8 Å². The molecule has 1 N–H and O–H groups in total. The molecule has 2 heterocycles. The van der Waals surface area contributed by atoms with Gasteiger partial charge in [-0.3, -0.25) is 0 Å². The second kappa shape index (κ2) is 3.42. The number of aromatic nitrogens is 2. The van der Waals surface area contributed by atoms with Crippen LogP contribution in [0.2, 0.25) is 0 Å². The molecule has 0 saturated carbocycles. The Morgan fingerprint density at radius 3 is 3.00 bits per heavy atom. The summed E-state index contributed by atoms with van der Waals surface area (Å²) in [6, 6.07) is 0. The van der Waals surface area contributed by atoms with E-state index in [2.05, 4.69) is 4.98 Å². The van der Waals surface area contributed by atoms with Crippen LogP contribution in [0.5, 0.6) is 0 Å². The minimum absolute atomic E-state index is 0.170. The number of carbonyl (C=O) groups is 1. The van der Waals surface area contributed by atoms with Gasteiger partial charge in [0, 0.05) is 19.4 Å². The van der Waals surface area contributed by atoms with Crippen molar-refractivity contribution in [1.82, 2.24) is 9.55 Å². The SMILES string of the molecule is Cn1ccnc1C1CCC(C(=O)O)O1. The highest BCUT2D eigenvalue weighted by molar-refractivity contribution is 5.72. The van der Waals surface area contributed by atoms with E-state index in [1.54, 1.807) is 6.20 Å². The molecule has 0 aliphatic carbocycles. The number of imidazole rings is 1. The summed E-state index contributed by atoms with van der Waals surface area (Å²) in [4.78, 5) is 14.8. The highest BCUT2D eigenvalue weighted by Crippen LogP contribution is 2.31. The van der Waals surface area contributed by atoms with Crippen LogP contribution in [0.15, 0.2) is 12.4 Å². The molecule has 2 atom stereocenters. The zero-order valence-corrected chi connectivity index (χ0v) is 7.88. The Kier molecular flexibility index (Phi) is 2.25. The van der Waals surface area contributed by atoms with E-state index < -0.39 is 12.1 Å². The van der Waals surface area contributed by atoms with Gasteiger partial charge in [-0.2, -0.15) is 0 Å². The molecule has 0 amide bonds. The van der Waals surface area contributed by atoms with Gasteiger partial charge in [0.05, 0.1) is 0 Å². The number of ether oxygens (including phenoxy) is 1. The molecule has 1 aromatic heterocycles. The van der Waals surface area contributed by atoms with Gasteiger partial charge in [0.15, 0.2) is 6.10 Å². The molecule has 0 aromatic carbocycles. The minimum Gasteiger partial charge on any atom is -0.479 e. The van der Waals surface area contributed by atoms with Gasteiger partial charge in [0.1, 0.15) is 11.9 Å². The molecular weight excluding hydrogens is 184 g/mol. The van der Waals surface area contributed by atoms with Crippen molar-refractivity contribution in [3.8, 4) is 0 Å². The largest absolute Gasteiger partial charge is 0.479 e. The van der Waals surface area contributed by atoms with Crippen LogP contribution < -0.4 is 0 Å². The zero-order chi connectivity index (χ0) is 10.1. The number of hydrogen-bond donors (Lipinski definition) is 1. The third-order valence-electron chi connectivity index (χ3n) is 2.44. The van der Waals surface area contributed by atoms with Crippen LogP contribution in [-0.4, -0.2) is 26.7 Å². The fourth-order valence-corrected chi connectivity index (χ4v) is 1.70. The van der Waals surface area contributed by atoms with Gasteiger partial charge in [-0.1, -0.05) is 0 Å². The molecule has 2 rings (SSSR count). The molecule has 14 heavy (non-hydrogen) atoms. The first-order chi connectivity index (χ1) is 6.68. The summed E-state index contributed by atoms with van der Waals surface area (Å²) in [6.45, 7) is 0. The van der Waals surface area contributed by atoms with E-state index >= 15 is 0 Å². The predicted octanol–water partition coefficient (Wildman–Crippen LogP) is 0.725. The van der Waals surface area contributed by atoms with Crippen LogP contribution in [0, 0.1) is 0 Å². The Morgan fingerprint density at radius 1 is 1.71 bits per heavy atom. The van der Waals surface area contributed by atoms with Crippen molar-refractivity contribution in [1.29, 1.82) is 0 Å². The van der Waals surface area contributed by atoms with E-state index in [1.165, 1.54) is 0 Å². The van der Waals surface area contributed by atoms with Crippen molar-refractivity contribution in [3.63, 3.8) is 0 Å². The van der Waals surface area contributed by atoms with Crippen molar-refractivity contribution >= 4 is 5.97 Å². The molecule has 0 spiro atoms. The van der Waals surface area contributed by atoms with Crippen molar-refractivity contribution in [2.75, 3.05) is 0 Å². The predicted molar refractivity (Wildman–Crippen MR) is 47.7 cm³/mol. The standard InChI is InChI=1S/C9H12N2O3/c1-11-5-4-10-8(11)6-2-3-7(14-6)9(12)13/h4-7H,2-3H2,1H3,(H,12,13). The molecular formula is C9H12N2O3. The minimum atomic E-state index is -0.887. The molecule has 1 aromatic rings. The van der Waals surface area contributed by atoms with E-state index in [4.69, 9.17) is 9.84 Å². The highest BCUT2D eigenvalue weighted by Gasteiger charge is 2.33. The Balaban J connectivity index is 2.10. The summed E-state index contributed by atoms with van der Waals surface area (Å²) < 4.78 is 7.22. The number of carboxylic acids is 1. The average molecular weight is 196 g/mol. The van der Waals surface area contributed by atoms with Gasteiger partial charge in [0.25, 0.3) is 0 Å². The Morgan fingerprint density at radius 2 is 2.50 bits per heavy atom. The second-order valence-corrected chi connectivity index (χ2v) is 3.43. The zero-order valence-electron chi connectivity index (χ0n) is 7.88. The Bertz CT molecular complexity index is 348. The molecule has 0 radical (unpaired) electrons. The molecule has 1 aliphatic heterocycles. The number of nitrogens with zero attached hydrogens (tertiary/aromatic N) is 2. The summed E-state index contributed by atoms with van der Waals surface area (Å²) in [5.74, 6) is -0.0875. The first kappa shape index (κ1) is 9.21. The summed E-state index contributed by atoms with van der Waals surface area (Å²) in [6.07, 6.45) is 3.96. The van der Waals surface area contributed by atoms with E-state index in [-0.39, 0.29) is 6.10 Å². The van der Waals surface area contributed by atoms with Gasteiger partial charge in [-0.15, -0.1) is 0 Å². The summed E-state index contributed by atoms with van der Waals surface area (Å²) in [5, 5.41) is 8.75. The molecule has 2 unspecified atom stereocenters. The molecule has 1 fully saturated rings. The normalized spacial score (nSPS) is 26.6. The quantitative estimate of drug-likeness (QED) is 0.757. The van der Waals surface area contributed by atoms with Crippen molar-refractivity contribution in [2.45, 2.75) is 25.0 Å². The molecule has 1 aliphatic rings. The monoisotopic (exact) mass is 196 g/mol. The van der Waals surface area contributed by atoms with Gasteiger partial charge in [-0.25, -0.2) is 9.78 Å². The lowest BCUT2D eigenvalue weighted by Gasteiger charge is -2.10. The smallest absolute Gasteiger partial charge is 0.332 e. The van der Waals surface area contributed by atoms with Crippen LogP contribution in [0.25, 0.3) is 0 Å². The Labute approximate surface area is 81.3 Å². The van der Waals surface area contributed by atoms with Crippen LogP contribution in [0.3, 0.4) is 0 Å². The van der Waals surface area contributed by atoms with E-state index in [1.807, 2.05) is 17.8 Å². The van der Waals surface area contributed by atoms with E-state index in [9.17, 15) is 4.79 Å². The lowest BCUT2D eigenvalue weighted by Crippen LogP contribution is -2.19. The first-order valence-corrected chi connectivity index (χ1v) is 4.54. The summed E-state index contributed by atoms with van der Waals surface area (Å²) in [7, 11) is 1.87. The third kappa shape index (κ3) is 1.50. The van der Waals surface area contributed by atoms with Crippen LogP contribution >= 0.6 is 0 Å². The fourth-order valence-electron chi connectivity index (χ4n) is 1.70. The average Bonchev–Trinajstić information content (AvgIpc) is 2.71. The number of rotatable bonds is 2. The van der Waals surface area contributed by atoms with E-state index in [0.717, 1.165) is 12.2 Å². The van der Waals surface area contributed by atoms with Gasteiger partial charge >= 0.3 is 5.97 Å². The Hall–Kier alpha value is -1.36. The van der Waals surface area contributed by atoms with Crippen LogP contribution in [-0.2, 0) is 16.6 Å². The number of aryl methyl sites for hydroxylation is 1. The number of aliphatic carboxylic acids is 1. The van der Waals surface area contributed by atoms with Gasteiger partial charge in [0.2, 0.25) is 0 Å². The maximum atomic E-state index is 10.6. The molecule has 0 bridgehead atoms. The second-order valence-electron chi connectivity index (χ2n) is 3.43. The maximum absolute atomic E-state index is 10.6. The summed E-state index contributed by atoms with van der Waals surface area (Å²) >= 11 is 0. The van der Waals surface area contributed by atoms with Gasteiger partial charge < -0.3 is 14.4 Å². The molecule has 1 saturated heterocycles. The van der Waals surface area contributed by atoms with Crippen LogP contribution in [0.1, 0.15) is 24.8 Å². The van der Waals surface area contributed by atoms with Crippen LogP contribution in [0.4, 0.5) is 0 Å². The van der Waals surface area contributed by atoms with Crippen molar-refractivity contribution in [2.24, 2.45) is 7.05 Å². The maximum Gasteiger partial charge on any atom is 0.332 e. The van der Waals surface area contributed by atoms with Crippen molar-refractivity contribution < 1.29 is 14.6 Å². The molecule has 5 heteroatoms. The van der Waals surface area contributed by atoms with E-state index in [0.29, 0.717) is 6.42 Å². The lowest BCUT2D eigenvalue weighted by atomic mass is 10.2. The lowest BCUT2D eigenvalue weighted by molar-refractivity contribution is -0.149. The topological polar surface area (TPSA) is 64.4 Å².